The molecule has 0 saturated heterocycles. The molecule has 3 rings (SSSR count). The molecule has 0 bridgehead atoms. The number of aryl methyl sites for hydroxylation is 2. The summed E-state index contributed by atoms with van der Waals surface area (Å²) in [6, 6.07) is 7.72. The number of nitrogens with zero attached hydrogens (tertiary/aromatic N) is 2. The number of carboxylic acid groups (broad SMARTS) is 1. The molecule has 0 aliphatic carbocycles. The molecule has 0 aliphatic rings. The van der Waals surface area contributed by atoms with Crippen molar-refractivity contribution in [2.45, 2.75) is 71.5 Å². The third-order valence-electron chi connectivity index (χ3n) is 7.80. The highest BCUT2D eigenvalue weighted by Gasteiger charge is 2.36. The summed E-state index contributed by atoms with van der Waals surface area (Å²) in [5.74, 6) is -3.78. The van der Waals surface area contributed by atoms with Crippen molar-refractivity contribution in [3.8, 4) is 11.1 Å². The zero-order chi connectivity index (χ0) is 33.8. The summed E-state index contributed by atoms with van der Waals surface area (Å²) in [4.78, 5) is 40.8. The number of halogens is 5. The van der Waals surface area contributed by atoms with Crippen LogP contribution in [0.4, 0.5) is 17.6 Å². The first-order valence-electron chi connectivity index (χ1n) is 14.7. The van der Waals surface area contributed by atoms with E-state index in [0.29, 0.717) is 22.2 Å². The van der Waals surface area contributed by atoms with Crippen molar-refractivity contribution in [2.24, 2.45) is 5.92 Å². The molecule has 2 atom stereocenters. The molecule has 244 valence electrons. The number of aromatic nitrogens is 1. The summed E-state index contributed by atoms with van der Waals surface area (Å²) in [7, 11) is 3.42. The summed E-state index contributed by atoms with van der Waals surface area (Å²) in [6.07, 6.45) is -4.63. The van der Waals surface area contributed by atoms with E-state index in [4.69, 9.17) is 11.6 Å². The van der Waals surface area contributed by atoms with Crippen molar-refractivity contribution in [3.05, 3.63) is 91.6 Å². The zero-order valence-electron chi connectivity index (χ0n) is 26.3. The number of ketones is 1. The molecule has 3 aromatic rings. The van der Waals surface area contributed by atoms with Crippen molar-refractivity contribution in [3.63, 3.8) is 0 Å². The molecule has 0 amide bonds. The van der Waals surface area contributed by atoms with Crippen molar-refractivity contribution < 1.29 is 32.3 Å². The summed E-state index contributed by atoms with van der Waals surface area (Å²) in [5, 5.41) is 10.2. The first kappa shape index (κ1) is 36.0. The Bertz CT molecular complexity index is 1590. The number of rotatable bonds is 13. The van der Waals surface area contributed by atoms with Crippen LogP contribution in [0.5, 0.6) is 0 Å². The number of pyridine rings is 1. The molecule has 11 heteroatoms. The summed E-state index contributed by atoms with van der Waals surface area (Å²) in [5.41, 5.74) is 0.0548. The monoisotopic (exact) mass is 650 g/mol. The van der Waals surface area contributed by atoms with E-state index in [2.05, 4.69) is 0 Å². The average molecular weight is 651 g/mol. The number of carbonyl (C=O) groups is 2. The lowest BCUT2D eigenvalue weighted by atomic mass is 9.84. The lowest BCUT2D eigenvalue weighted by Crippen LogP contribution is -2.33. The highest BCUT2D eigenvalue weighted by Crippen LogP contribution is 2.38. The molecular weight excluding hydrogens is 612 g/mol. The van der Waals surface area contributed by atoms with Gasteiger partial charge in [-0.25, -0.2) is 4.39 Å². The Morgan fingerprint density at radius 1 is 1.04 bits per heavy atom. The first-order chi connectivity index (χ1) is 20.9. The second kappa shape index (κ2) is 14.7. The van der Waals surface area contributed by atoms with E-state index in [-0.39, 0.29) is 42.0 Å². The fourth-order valence-corrected chi connectivity index (χ4v) is 5.94. The smallest absolute Gasteiger partial charge is 0.416 e. The maximum atomic E-state index is 15.7. The van der Waals surface area contributed by atoms with Gasteiger partial charge in [0.25, 0.3) is 5.56 Å². The number of Topliss-reactive ketones (excluding diaryl/α,β-unsaturated/α-hetero) is 1. The largest absolute Gasteiger partial charge is 0.481 e. The Balaban J connectivity index is 2.14. The van der Waals surface area contributed by atoms with Gasteiger partial charge in [-0.2, -0.15) is 13.2 Å². The standard InChI is InChI=1S/C34H39ClF4N2O4/c1-19(2)12-28(41-18-22(10-11-40(5)6)26(17-30(41)43)34(37,38)39)29(42)15-23(16-31(44)45)25-14-24(13-21(4)33(25)36)32-20(3)8-7-9-27(32)35/h7-9,13-14,17-19,23,28H,10-12,15-16H2,1-6H3,(H,44,45)/t23-,28?/m0/s1. The van der Waals surface area contributed by atoms with Crippen LogP contribution in [0.3, 0.4) is 0 Å². The van der Waals surface area contributed by atoms with Crippen molar-refractivity contribution in [1.82, 2.24) is 9.47 Å². The fraction of sp³-hybridized carbons (Fsp3) is 0.441. The van der Waals surface area contributed by atoms with Gasteiger partial charge in [-0.15, -0.1) is 0 Å². The van der Waals surface area contributed by atoms with Crippen LogP contribution in [0.15, 0.2) is 47.4 Å². The number of benzene rings is 2. The minimum absolute atomic E-state index is 0.00908. The minimum Gasteiger partial charge on any atom is -0.481 e. The molecular formula is C34H39ClF4N2O4. The van der Waals surface area contributed by atoms with Gasteiger partial charge in [-0.3, -0.25) is 14.4 Å². The van der Waals surface area contributed by atoms with E-state index < -0.39 is 59.7 Å². The Morgan fingerprint density at radius 3 is 2.27 bits per heavy atom. The third-order valence-corrected chi connectivity index (χ3v) is 8.12. The SMILES string of the molecule is Cc1cc(-c2c(C)cccc2Cl)cc([C@H](CC(=O)O)CC(=O)C(CC(C)C)n2cc(CCN(C)C)c(C(F)(F)F)cc2=O)c1F. The number of aliphatic carboxylic acids is 1. The van der Waals surface area contributed by atoms with Crippen LogP contribution in [-0.4, -0.2) is 47.0 Å². The number of hydrogen-bond acceptors (Lipinski definition) is 4. The summed E-state index contributed by atoms with van der Waals surface area (Å²) >= 11 is 6.47. The quantitative estimate of drug-likeness (QED) is 0.191. The number of alkyl halides is 3. The molecule has 2 aromatic carbocycles. The van der Waals surface area contributed by atoms with Crippen molar-refractivity contribution in [1.29, 1.82) is 0 Å². The number of likely N-dealkylation sites (N-methyl/N-ethyl adjacent to an activating group) is 1. The van der Waals surface area contributed by atoms with Crippen LogP contribution < -0.4 is 5.56 Å². The second-order valence-electron chi connectivity index (χ2n) is 12.2. The maximum absolute atomic E-state index is 15.7. The second-order valence-corrected chi connectivity index (χ2v) is 12.7. The van der Waals surface area contributed by atoms with Gasteiger partial charge in [0.15, 0.2) is 5.78 Å². The van der Waals surface area contributed by atoms with Crippen molar-refractivity contribution in [2.75, 3.05) is 20.6 Å². The molecule has 6 nitrogen and oxygen atoms in total. The normalized spacial score (nSPS) is 13.4. The van der Waals surface area contributed by atoms with Crippen molar-refractivity contribution >= 4 is 23.4 Å². The van der Waals surface area contributed by atoms with E-state index in [0.717, 1.165) is 16.3 Å². The van der Waals surface area contributed by atoms with Gasteiger partial charge in [0.05, 0.1) is 18.0 Å². The number of carbonyl (C=O) groups excluding carboxylic acids is 1. The van der Waals surface area contributed by atoms with E-state index in [1.54, 1.807) is 51.0 Å². The van der Waals surface area contributed by atoms with Crippen LogP contribution in [0, 0.1) is 25.6 Å². The van der Waals surface area contributed by atoms with Crippen LogP contribution in [-0.2, 0) is 22.2 Å². The first-order valence-corrected chi connectivity index (χ1v) is 15.0. The highest BCUT2D eigenvalue weighted by atomic mass is 35.5. The fourth-order valence-electron chi connectivity index (χ4n) is 5.61. The predicted molar refractivity (Wildman–Crippen MR) is 167 cm³/mol. The van der Waals surface area contributed by atoms with E-state index in [9.17, 15) is 32.7 Å². The Hall–Kier alpha value is -3.50. The molecule has 0 aliphatic heterocycles. The van der Waals surface area contributed by atoms with Gasteiger partial charge in [0, 0.05) is 41.7 Å². The molecule has 1 unspecified atom stereocenters. The maximum Gasteiger partial charge on any atom is 0.416 e. The Morgan fingerprint density at radius 2 is 1.71 bits per heavy atom. The molecule has 1 heterocycles. The molecule has 0 radical (unpaired) electrons. The van der Waals surface area contributed by atoms with E-state index >= 15 is 4.39 Å². The number of hydrogen-bond donors (Lipinski definition) is 1. The summed E-state index contributed by atoms with van der Waals surface area (Å²) in [6.45, 7) is 7.24. The lowest BCUT2D eigenvalue weighted by molar-refractivity contribution is -0.139. The molecule has 0 spiro atoms. The number of carboxylic acids is 1. The van der Waals surface area contributed by atoms with Gasteiger partial charge in [-0.1, -0.05) is 37.6 Å². The van der Waals surface area contributed by atoms with Gasteiger partial charge in [0.1, 0.15) is 5.82 Å². The van der Waals surface area contributed by atoms with Gasteiger partial charge < -0.3 is 14.6 Å². The Labute approximate surface area is 265 Å². The minimum atomic E-state index is -4.77. The van der Waals surface area contributed by atoms with Gasteiger partial charge in [-0.05, 0) is 92.7 Å². The highest BCUT2D eigenvalue weighted by molar-refractivity contribution is 6.33. The third kappa shape index (κ3) is 9.04. The van der Waals surface area contributed by atoms with Crippen LogP contribution >= 0.6 is 11.6 Å². The van der Waals surface area contributed by atoms with Gasteiger partial charge >= 0.3 is 12.1 Å². The molecule has 45 heavy (non-hydrogen) atoms. The molecule has 0 fully saturated rings. The van der Waals surface area contributed by atoms with Crippen LogP contribution in [0.1, 0.15) is 72.9 Å². The van der Waals surface area contributed by atoms with Gasteiger partial charge in [0.2, 0.25) is 0 Å². The van der Waals surface area contributed by atoms with E-state index in [1.165, 1.54) is 13.0 Å². The Kier molecular flexibility index (Phi) is 11.8. The van der Waals surface area contributed by atoms with E-state index in [1.807, 2.05) is 13.0 Å². The van der Waals surface area contributed by atoms with Crippen LogP contribution in [0.2, 0.25) is 5.02 Å². The van der Waals surface area contributed by atoms with Crippen LogP contribution in [0.25, 0.3) is 11.1 Å². The molecule has 1 aromatic heterocycles. The lowest BCUT2D eigenvalue weighted by Gasteiger charge is -2.26. The molecule has 1 N–H and O–H groups in total. The predicted octanol–water partition coefficient (Wildman–Crippen LogP) is 7.85. The zero-order valence-corrected chi connectivity index (χ0v) is 27.0. The average Bonchev–Trinajstić information content (AvgIpc) is 2.91. The molecule has 0 saturated carbocycles. The topological polar surface area (TPSA) is 79.6 Å². The summed E-state index contributed by atoms with van der Waals surface area (Å²) < 4.78 is 58.4.